The van der Waals surface area contributed by atoms with Crippen LogP contribution in [0.3, 0.4) is 0 Å². The van der Waals surface area contributed by atoms with Gasteiger partial charge in [0.1, 0.15) is 12.1 Å². The van der Waals surface area contributed by atoms with E-state index in [-0.39, 0.29) is 42.0 Å². The lowest BCUT2D eigenvalue weighted by Crippen LogP contribution is -2.54. The molecule has 0 saturated carbocycles. The quantitative estimate of drug-likeness (QED) is 0.255. The van der Waals surface area contributed by atoms with Gasteiger partial charge >= 0.3 is 6.09 Å². The van der Waals surface area contributed by atoms with Crippen molar-refractivity contribution in [3.8, 4) is 0 Å². The maximum absolute atomic E-state index is 11.9. The molecule has 27 heavy (non-hydrogen) atoms. The maximum Gasteiger partial charge on any atom is 0.408 e. The van der Waals surface area contributed by atoms with Crippen LogP contribution in [0.2, 0.25) is 0 Å². The maximum atomic E-state index is 11.9. The van der Waals surface area contributed by atoms with Gasteiger partial charge in [0.15, 0.2) is 5.96 Å². The first-order chi connectivity index (χ1) is 11.6. The average Bonchev–Trinajstić information content (AvgIpc) is 2.37. The van der Waals surface area contributed by atoms with Crippen LogP contribution in [-0.2, 0) is 9.53 Å². The summed E-state index contributed by atoms with van der Waals surface area (Å²) in [6.45, 7) is 18.0. The summed E-state index contributed by atoms with van der Waals surface area (Å²) in [6, 6.07) is 0. The molecule has 0 aliphatic carbocycles. The lowest BCUT2D eigenvalue weighted by molar-refractivity contribution is -0.121. The summed E-state index contributed by atoms with van der Waals surface area (Å²) < 4.78 is 5.28. The van der Waals surface area contributed by atoms with E-state index in [2.05, 4.69) is 26.3 Å². The summed E-state index contributed by atoms with van der Waals surface area (Å²) in [5.41, 5.74) is -1.41. The minimum atomic E-state index is -0.563. The number of nitrogens with one attached hydrogen (secondary N) is 4. The molecule has 8 nitrogen and oxygen atoms in total. The van der Waals surface area contributed by atoms with E-state index in [9.17, 15) is 9.59 Å². The van der Waals surface area contributed by atoms with Gasteiger partial charge in [-0.3, -0.25) is 4.79 Å². The summed E-state index contributed by atoms with van der Waals surface area (Å²) in [6.07, 6.45) is -0.476. The summed E-state index contributed by atoms with van der Waals surface area (Å²) in [5.74, 6) is 0.358. The first-order valence-electron chi connectivity index (χ1n) is 8.98. The van der Waals surface area contributed by atoms with E-state index in [1.54, 1.807) is 0 Å². The minimum absolute atomic E-state index is 0. The molecule has 0 saturated heterocycles. The molecule has 0 fully saturated rings. The first-order valence-corrected chi connectivity index (χ1v) is 8.98. The van der Waals surface area contributed by atoms with Crippen molar-refractivity contribution in [1.29, 1.82) is 0 Å². The fourth-order valence-electron chi connectivity index (χ4n) is 1.88. The lowest BCUT2D eigenvalue weighted by atomic mass is 10.1. The molecule has 0 aliphatic rings. The van der Waals surface area contributed by atoms with Gasteiger partial charge in [0.05, 0.1) is 5.54 Å². The molecule has 9 heteroatoms. The zero-order chi connectivity index (χ0) is 20.6. The van der Waals surface area contributed by atoms with E-state index in [1.807, 2.05) is 62.3 Å². The van der Waals surface area contributed by atoms with Gasteiger partial charge in [0.25, 0.3) is 0 Å². The van der Waals surface area contributed by atoms with Gasteiger partial charge in [-0.1, -0.05) is 0 Å². The third-order valence-electron chi connectivity index (χ3n) is 2.78. The molecule has 0 bridgehead atoms. The van der Waals surface area contributed by atoms with Crippen LogP contribution in [0, 0.1) is 0 Å². The number of alkyl carbamates (subject to hydrolysis) is 1. The van der Waals surface area contributed by atoms with E-state index in [0.717, 1.165) is 0 Å². The highest BCUT2D eigenvalue weighted by atomic mass is 127. The van der Waals surface area contributed by atoms with Crippen molar-refractivity contribution in [3.63, 3.8) is 0 Å². The van der Waals surface area contributed by atoms with Gasteiger partial charge in [0, 0.05) is 18.6 Å². The molecular weight excluding hydrogens is 461 g/mol. The fourth-order valence-corrected chi connectivity index (χ4v) is 1.88. The molecule has 4 N–H and O–H groups in total. The molecular formula is C18H38IN5O3. The Bertz CT molecular complexity index is 508. The number of carbonyl (C=O) groups is 2. The number of hydrogen-bond acceptors (Lipinski definition) is 4. The van der Waals surface area contributed by atoms with Crippen molar-refractivity contribution < 1.29 is 14.3 Å². The lowest BCUT2D eigenvalue weighted by Gasteiger charge is -2.29. The van der Waals surface area contributed by atoms with Gasteiger partial charge in [0.2, 0.25) is 5.91 Å². The summed E-state index contributed by atoms with van der Waals surface area (Å²) in [5, 5.41) is 11.9. The molecule has 0 unspecified atom stereocenters. The number of rotatable bonds is 6. The molecule has 0 aliphatic heterocycles. The van der Waals surface area contributed by atoms with Crippen LogP contribution in [0.5, 0.6) is 0 Å². The standard InChI is InChI=1S/C18H37N5O3.HI/c1-10-19-14(20-11-13(24)22-16(2,3)4)21-12-18(8,9)23-15(25)26-17(5,6)7;/h10-12H2,1-9H3,(H,22,24)(H,23,25)(H2,19,20,21);1H. The van der Waals surface area contributed by atoms with Gasteiger partial charge in [-0.25, -0.2) is 9.79 Å². The number of aliphatic imine (C=N–C) groups is 1. The van der Waals surface area contributed by atoms with Crippen LogP contribution in [0.1, 0.15) is 62.3 Å². The number of carbonyl (C=O) groups excluding carboxylic acids is 2. The number of ether oxygens (including phenoxy) is 1. The van der Waals surface area contributed by atoms with Crippen molar-refractivity contribution in [3.05, 3.63) is 0 Å². The summed E-state index contributed by atoms with van der Waals surface area (Å²) >= 11 is 0. The zero-order valence-electron chi connectivity index (χ0n) is 18.2. The third kappa shape index (κ3) is 16.6. The highest BCUT2D eigenvalue weighted by molar-refractivity contribution is 14.0. The number of guanidine groups is 1. The van der Waals surface area contributed by atoms with Crippen LogP contribution >= 0.6 is 24.0 Å². The topological polar surface area (TPSA) is 104 Å². The van der Waals surface area contributed by atoms with Crippen LogP contribution in [0.15, 0.2) is 4.99 Å². The van der Waals surface area contributed by atoms with Crippen LogP contribution < -0.4 is 21.3 Å². The van der Waals surface area contributed by atoms with Gasteiger partial charge in [-0.15, -0.1) is 24.0 Å². The van der Waals surface area contributed by atoms with E-state index in [1.165, 1.54) is 0 Å². The molecule has 0 rings (SSSR count). The Labute approximate surface area is 181 Å². The van der Waals surface area contributed by atoms with Crippen molar-refractivity contribution in [2.24, 2.45) is 4.99 Å². The second kappa shape index (κ2) is 11.6. The van der Waals surface area contributed by atoms with Gasteiger partial charge in [-0.05, 0) is 62.3 Å². The Morgan fingerprint density at radius 1 is 0.926 bits per heavy atom. The highest BCUT2D eigenvalue weighted by Gasteiger charge is 2.24. The second-order valence-corrected chi connectivity index (χ2v) is 8.86. The molecule has 0 aromatic carbocycles. The highest BCUT2D eigenvalue weighted by Crippen LogP contribution is 2.09. The molecule has 2 amide bonds. The molecule has 0 spiro atoms. The third-order valence-corrected chi connectivity index (χ3v) is 2.78. The Morgan fingerprint density at radius 3 is 1.93 bits per heavy atom. The molecule has 0 aromatic rings. The van der Waals surface area contributed by atoms with E-state index in [4.69, 9.17) is 4.74 Å². The minimum Gasteiger partial charge on any atom is -0.444 e. The van der Waals surface area contributed by atoms with Gasteiger partial charge < -0.3 is 26.0 Å². The zero-order valence-corrected chi connectivity index (χ0v) is 20.5. The normalized spacial score (nSPS) is 12.6. The molecule has 0 radical (unpaired) electrons. The predicted molar refractivity (Wildman–Crippen MR) is 121 cm³/mol. The number of nitrogens with zero attached hydrogens (tertiary/aromatic N) is 1. The predicted octanol–water partition coefficient (Wildman–Crippen LogP) is 2.38. The monoisotopic (exact) mass is 499 g/mol. The fraction of sp³-hybridized carbons (Fsp3) is 0.833. The smallest absolute Gasteiger partial charge is 0.408 e. The van der Waals surface area contributed by atoms with Crippen LogP contribution in [-0.4, -0.2) is 54.3 Å². The summed E-state index contributed by atoms with van der Waals surface area (Å²) in [7, 11) is 0. The Morgan fingerprint density at radius 2 is 1.48 bits per heavy atom. The van der Waals surface area contributed by atoms with Crippen LogP contribution in [0.4, 0.5) is 4.79 Å². The molecule has 0 aromatic heterocycles. The Kier molecular flexibility index (Phi) is 12.0. The van der Waals surface area contributed by atoms with Gasteiger partial charge in [-0.2, -0.15) is 0 Å². The Balaban J connectivity index is 0. The van der Waals surface area contributed by atoms with Crippen molar-refractivity contribution >= 4 is 41.9 Å². The molecule has 0 atom stereocenters. The van der Waals surface area contributed by atoms with Crippen LogP contribution in [0.25, 0.3) is 0 Å². The second-order valence-electron chi connectivity index (χ2n) is 8.86. The largest absolute Gasteiger partial charge is 0.444 e. The van der Waals surface area contributed by atoms with E-state index < -0.39 is 17.2 Å². The number of hydrogen-bond donors (Lipinski definition) is 4. The van der Waals surface area contributed by atoms with E-state index in [0.29, 0.717) is 19.0 Å². The first kappa shape index (κ1) is 28.0. The average molecular weight is 499 g/mol. The number of amides is 2. The van der Waals surface area contributed by atoms with Crippen molar-refractivity contribution in [2.75, 3.05) is 19.6 Å². The van der Waals surface area contributed by atoms with E-state index >= 15 is 0 Å². The Hall–Kier alpha value is -1.26. The van der Waals surface area contributed by atoms with Crippen molar-refractivity contribution in [2.45, 2.75) is 79.0 Å². The van der Waals surface area contributed by atoms with Crippen molar-refractivity contribution in [1.82, 2.24) is 21.3 Å². The molecule has 160 valence electrons. The number of halogens is 1. The molecule has 0 heterocycles. The summed E-state index contributed by atoms with van der Waals surface area (Å²) in [4.78, 5) is 28.1. The SMILES string of the molecule is CCNC(=NCC(=O)NC(C)(C)C)NCC(C)(C)NC(=O)OC(C)(C)C.I.